The molecule has 0 bridgehead atoms. The maximum Gasteiger partial charge on any atom is 0.350 e. The largest absolute Gasteiger partial charge is 0.475 e. The molecule has 0 aliphatic heterocycles. The van der Waals surface area contributed by atoms with E-state index in [1.54, 1.807) is 0 Å². The van der Waals surface area contributed by atoms with Crippen molar-refractivity contribution < 1.29 is 14.5 Å². The Morgan fingerprint density at radius 1 is 1.71 bits per heavy atom. The number of nitro groups is 1. The summed E-state index contributed by atoms with van der Waals surface area (Å²) in [7, 11) is 1.31. The summed E-state index contributed by atoms with van der Waals surface area (Å²) in [5.41, 5.74) is -0.205. The van der Waals surface area contributed by atoms with Crippen molar-refractivity contribution in [2.75, 3.05) is 13.7 Å². The molecule has 17 heavy (non-hydrogen) atoms. The fourth-order valence-electron chi connectivity index (χ4n) is 1.28. The summed E-state index contributed by atoms with van der Waals surface area (Å²) in [6.07, 6.45) is 1.47. The zero-order valence-corrected chi connectivity index (χ0v) is 9.67. The van der Waals surface area contributed by atoms with Crippen LogP contribution in [0, 0.1) is 10.1 Å². The quantitative estimate of drug-likeness (QED) is 0.572. The average Bonchev–Trinajstić information content (AvgIpc) is 2.70. The molecule has 1 N–H and O–H groups in total. The Bertz CT molecular complexity index is 415. The number of aromatic nitrogens is 2. The highest BCUT2D eigenvalue weighted by molar-refractivity contribution is 5.75. The van der Waals surface area contributed by atoms with Crippen LogP contribution in [0.3, 0.4) is 0 Å². The van der Waals surface area contributed by atoms with Gasteiger partial charge in [-0.1, -0.05) is 0 Å². The summed E-state index contributed by atoms with van der Waals surface area (Å²) in [6, 6.07) is 0. The maximum absolute atomic E-state index is 11.2. The number of hydrogen-bond acceptors (Lipinski definition) is 5. The summed E-state index contributed by atoms with van der Waals surface area (Å²) in [5.74, 6) is -0.171. The van der Waals surface area contributed by atoms with Crippen molar-refractivity contribution in [1.82, 2.24) is 15.1 Å². The number of carbonyl (C=O) groups is 1. The molecular formula is C9H14N4O4. The summed E-state index contributed by atoms with van der Waals surface area (Å²) < 4.78 is 6.09. The van der Waals surface area contributed by atoms with E-state index in [1.807, 2.05) is 6.92 Å². The molecule has 0 spiro atoms. The zero-order valence-electron chi connectivity index (χ0n) is 9.67. The molecule has 1 heterocycles. The van der Waals surface area contributed by atoms with Crippen molar-refractivity contribution >= 4 is 11.6 Å². The number of ether oxygens (including phenoxy) is 1. The van der Waals surface area contributed by atoms with Crippen LogP contribution in [0.25, 0.3) is 0 Å². The fraction of sp³-hybridized carbons (Fsp3) is 0.556. The van der Waals surface area contributed by atoms with Crippen molar-refractivity contribution in [2.24, 2.45) is 0 Å². The highest BCUT2D eigenvalue weighted by atomic mass is 16.6. The lowest BCUT2D eigenvalue weighted by atomic mass is 10.4. The number of nitrogens with zero attached hydrogens (tertiary/aromatic N) is 3. The van der Waals surface area contributed by atoms with Crippen molar-refractivity contribution in [3.8, 4) is 5.88 Å². The predicted molar refractivity (Wildman–Crippen MR) is 58.7 cm³/mol. The molecule has 0 saturated heterocycles. The summed E-state index contributed by atoms with van der Waals surface area (Å²) >= 11 is 0. The van der Waals surface area contributed by atoms with E-state index in [1.165, 1.54) is 18.0 Å². The molecule has 1 amide bonds. The van der Waals surface area contributed by atoms with Crippen LogP contribution in [0.1, 0.15) is 13.3 Å². The van der Waals surface area contributed by atoms with Crippen LogP contribution in [0.15, 0.2) is 6.20 Å². The molecule has 0 saturated carbocycles. The molecule has 0 unspecified atom stereocenters. The first-order valence-electron chi connectivity index (χ1n) is 5.11. The van der Waals surface area contributed by atoms with Crippen molar-refractivity contribution in [3.05, 3.63) is 16.3 Å². The van der Waals surface area contributed by atoms with Gasteiger partial charge in [0.2, 0.25) is 5.91 Å². The van der Waals surface area contributed by atoms with Crippen LogP contribution in [-0.2, 0) is 11.3 Å². The van der Waals surface area contributed by atoms with E-state index in [0.717, 1.165) is 0 Å². The molecule has 0 aromatic carbocycles. The Hall–Kier alpha value is -2.12. The predicted octanol–water partition coefficient (Wildman–Crippen LogP) is 0.326. The Morgan fingerprint density at radius 2 is 2.41 bits per heavy atom. The first-order valence-corrected chi connectivity index (χ1v) is 5.11. The molecule has 0 atom stereocenters. The SMILES string of the molecule is CCNC(=O)CCn1cc([N+](=O)[O-])c(OC)n1. The van der Waals surface area contributed by atoms with Gasteiger partial charge < -0.3 is 10.1 Å². The number of amides is 1. The van der Waals surface area contributed by atoms with Crippen molar-refractivity contribution in [1.29, 1.82) is 0 Å². The first kappa shape index (κ1) is 12.9. The smallest absolute Gasteiger partial charge is 0.350 e. The van der Waals surface area contributed by atoms with Crippen LogP contribution < -0.4 is 10.1 Å². The summed E-state index contributed by atoms with van der Waals surface area (Å²) in [4.78, 5) is 21.2. The van der Waals surface area contributed by atoms with Crippen LogP contribution in [0.5, 0.6) is 5.88 Å². The van der Waals surface area contributed by atoms with Gasteiger partial charge in [-0.25, -0.2) is 0 Å². The van der Waals surface area contributed by atoms with Crippen LogP contribution in [0.2, 0.25) is 0 Å². The number of rotatable bonds is 6. The third-order valence-corrected chi connectivity index (χ3v) is 2.04. The zero-order chi connectivity index (χ0) is 12.8. The fourth-order valence-corrected chi connectivity index (χ4v) is 1.28. The van der Waals surface area contributed by atoms with Gasteiger partial charge in [0.15, 0.2) is 0 Å². The van der Waals surface area contributed by atoms with Crippen LogP contribution >= 0.6 is 0 Å². The standard InChI is InChI=1S/C9H14N4O4/c1-3-10-8(14)4-5-12-6-7(13(15)16)9(11-12)17-2/h6H,3-5H2,1-2H3,(H,10,14). The normalized spacial score (nSPS) is 10.0. The lowest BCUT2D eigenvalue weighted by Crippen LogP contribution is -2.23. The Morgan fingerprint density at radius 3 is 2.88 bits per heavy atom. The van der Waals surface area contributed by atoms with E-state index in [0.29, 0.717) is 6.54 Å². The molecule has 1 aromatic heterocycles. The first-order chi connectivity index (χ1) is 8.08. The summed E-state index contributed by atoms with van der Waals surface area (Å²) in [5, 5.41) is 17.1. The topological polar surface area (TPSA) is 99.3 Å². The molecule has 0 aliphatic carbocycles. The number of nitrogens with one attached hydrogen (secondary N) is 1. The molecular weight excluding hydrogens is 228 g/mol. The molecule has 1 aromatic rings. The van der Waals surface area contributed by atoms with E-state index in [2.05, 4.69) is 10.4 Å². The highest BCUT2D eigenvalue weighted by Gasteiger charge is 2.20. The lowest BCUT2D eigenvalue weighted by Gasteiger charge is -2.01. The third kappa shape index (κ3) is 3.44. The number of carbonyl (C=O) groups excluding carboxylic acids is 1. The van der Waals surface area contributed by atoms with Gasteiger partial charge in [0, 0.05) is 13.0 Å². The Kier molecular flexibility index (Phi) is 4.44. The Balaban J connectivity index is 2.66. The monoisotopic (exact) mass is 242 g/mol. The molecule has 0 aliphatic rings. The highest BCUT2D eigenvalue weighted by Crippen LogP contribution is 2.23. The second-order valence-electron chi connectivity index (χ2n) is 3.25. The van der Waals surface area contributed by atoms with Crippen molar-refractivity contribution in [2.45, 2.75) is 19.9 Å². The van der Waals surface area contributed by atoms with E-state index in [4.69, 9.17) is 4.74 Å². The number of methoxy groups -OCH3 is 1. The molecule has 8 heteroatoms. The Labute approximate surface area is 97.7 Å². The number of aryl methyl sites for hydroxylation is 1. The van der Waals surface area contributed by atoms with E-state index in [9.17, 15) is 14.9 Å². The number of hydrogen-bond donors (Lipinski definition) is 1. The summed E-state index contributed by atoms with van der Waals surface area (Å²) in [6.45, 7) is 2.65. The molecule has 0 fully saturated rings. The van der Waals surface area contributed by atoms with E-state index >= 15 is 0 Å². The molecule has 94 valence electrons. The minimum Gasteiger partial charge on any atom is -0.475 e. The average molecular weight is 242 g/mol. The van der Waals surface area contributed by atoms with Gasteiger partial charge in [-0.2, -0.15) is 0 Å². The molecule has 1 rings (SSSR count). The van der Waals surface area contributed by atoms with Gasteiger partial charge in [0.05, 0.1) is 18.6 Å². The van der Waals surface area contributed by atoms with Gasteiger partial charge in [-0.05, 0) is 6.92 Å². The van der Waals surface area contributed by atoms with E-state index < -0.39 is 4.92 Å². The van der Waals surface area contributed by atoms with Gasteiger partial charge in [-0.15, -0.1) is 5.10 Å². The van der Waals surface area contributed by atoms with Gasteiger partial charge in [0.1, 0.15) is 6.20 Å². The minimum atomic E-state index is -0.575. The maximum atomic E-state index is 11.2. The van der Waals surface area contributed by atoms with Gasteiger partial charge in [-0.3, -0.25) is 19.6 Å². The molecule has 0 radical (unpaired) electrons. The van der Waals surface area contributed by atoms with Crippen LogP contribution in [0.4, 0.5) is 5.69 Å². The van der Waals surface area contributed by atoms with E-state index in [-0.39, 0.29) is 30.4 Å². The third-order valence-electron chi connectivity index (χ3n) is 2.04. The lowest BCUT2D eigenvalue weighted by molar-refractivity contribution is -0.385. The molecule has 8 nitrogen and oxygen atoms in total. The van der Waals surface area contributed by atoms with Gasteiger partial charge in [0.25, 0.3) is 0 Å². The second-order valence-corrected chi connectivity index (χ2v) is 3.25. The van der Waals surface area contributed by atoms with Crippen LogP contribution in [-0.4, -0.2) is 34.3 Å². The van der Waals surface area contributed by atoms with Crippen molar-refractivity contribution in [3.63, 3.8) is 0 Å². The van der Waals surface area contributed by atoms with Gasteiger partial charge >= 0.3 is 11.6 Å². The second kappa shape index (κ2) is 5.83. The minimum absolute atomic E-state index is 0.0501.